The van der Waals surface area contributed by atoms with E-state index in [1.165, 1.54) is 6.92 Å². The third-order valence-electron chi connectivity index (χ3n) is 1.09. The summed E-state index contributed by atoms with van der Waals surface area (Å²) in [5.41, 5.74) is 0. The van der Waals surface area contributed by atoms with E-state index in [4.69, 9.17) is 0 Å². The molecule has 0 saturated carbocycles. The molecule has 0 radical (unpaired) electrons. The van der Waals surface area contributed by atoms with Crippen molar-refractivity contribution in [3.8, 4) is 0 Å². The number of halogens is 3. The first-order valence-corrected chi connectivity index (χ1v) is 3.87. The molecule has 0 fully saturated rings. The maximum atomic E-state index is 11.5. The summed E-state index contributed by atoms with van der Waals surface area (Å²) >= 11 is 3.75. The highest BCUT2D eigenvalue weighted by atomic mass is 32.1. The quantitative estimate of drug-likeness (QED) is 0.663. The minimum absolute atomic E-state index is 0.382. The van der Waals surface area contributed by atoms with Crippen molar-refractivity contribution in [2.75, 3.05) is 6.54 Å². The van der Waals surface area contributed by atoms with Crippen LogP contribution >= 0.6 is 12.6 Å². The zero-order chi connectivity index (χ0) is 9.78. The van der Waals surface area contributed by atoms with Gasteiger partial charge in [-0.3, -0.25) is 4.79 Å². The topological polar surface area (TPSA) is 29.1 Å². The van der Waals surface area contributed by atoms with Gasteiger partial charge in [0.15, 0.2) is 0 Å². The highest BCUT2D eigenvalue weighted by Crippen LogP contribution is 2.18. The van der Waals surface area contributed by atoms with Crippen LogP contribution < -0.4 is 5.32 Å². The van der Waals surface area contributed by atoms with Crippen LogP contribution in [-0.4, -0.2) is 23.9 Å². The zero-order valence-electron chi connectivity index (χ0n) is 6.48. The predicted molar refractivity (Wildman–Crippen MR) is 42.1 cm³/mol. The van der Waals surface area contributed by atoms with Gasteiger partial charge in [-0.05, 0) is 6.92 Å². The number of thiol groups is 1. The van der Waals surface area contributed by atoms with Crippen molar-refractivity contribution >= 4 is 18.5 Å². The van der Waals surface area contributed by atoms with Gasteiger partial charge < -0.3 is 5.32 Å². The van der Waals surface area contributed by atoms with Crippen LogP contribution in [0, 0.1) is 0 Å². The Morgan fingerprint density at radius 3 is 2.42 bits per heavy atom. The first kappa shape index (κ1) is 11.6. The number of hydrogen-bond acceptors (Lipinski definition) is 2. The van der Waals surface area contributed by atoms with Crippen molar-refractivity contribution in [3.05, 3.63) is 0 Å². The van der Waals surface area contributed by atoms with E-state index in [1.807, 2.05) is 0 Å². The number of carbonyl (C=O) groups excluding carboxylic acids is 1. The molecule has 0 aromatic carbocycles. The fourth-order valence-corrected chi connectivity index (χ4v) is 0.566. The Morgan fingerprint density at radius 2 is 2.08 bits per heavy atom. The summed E-state index contributed by atoms with van der Waals surface area (Å²) < 4.78 is 34.6. The molecule has 0 aliphatic heterocycles. The lowest BCUT2D eigenvalue weighted by atomic mass is 10.4. The molecule has 0 aromatic heterocycles. The van der Waals surface area contributed by atoms with Gasteiger partial charge in [0.1, 0.15) is 0 Å². The molecule has 0 aromatic rings. The Bertz CT molecular complexity index is 157. The minimum atomic E-state index is -4.22. The van der Waals surface area contributed by atoms with Crippen molar-refractivity contribution in [2.24, 2.45) is 0 Å². The lowest BCUT2D eigenvalue weighted by Crippen LogP contribution is -2.32. The van der Waals surface area contributed by atoms with E-state index in [1.54, 1.807) is 0 Å². The van der Waals surface area contributed by atoms with Crippen molar-refractivity contribution < 1.29 is 18.0 Å². The van der Waals surface area contributed by atoms with E-state index >= 15 is 0 Å². The Morgan fingerprint density at radius 1 is 1.58 bits per heavy atom. The molecular weight excluding hydrogens is 191 g/mol. The molecule has 0 aliphatic carbocycles. The van der Waals surface area contributed by atoms with E-state index in [0.717, 1.165) is 0 Å². The molecule has 72 valence electrons. The lowest BCUT2D eigenvalue weighted by molar-refractivity contribution is -0.135. The molecule has 1 N–H and O–H groups in total. The third-order valence-corrected chi connectivity index (χ3v) is 1.32. The number of nitrogens with one attached hydrogen (secondary N) is 1. The number of alkyl halides is 3. The molecule has 1 unspecified atom stereocenters. The van der Waals surface area contributed by atoms with Crippen LogP contribution in [-0.2, 0) is 4.79 Å². The van der Waals surface area contributed by atoms with Crippen LogP contribution in [0.15, 0.2) is 0 Å². The standard InChI is InChI=1S/C6H10F3NOS/c1-4(12)5(11)10-3-2-6(7,8)9/h4,12H,2-3H2,1H3,(H,10,11). The van der Waals surface area contributed by atoms with Crippen molar-refractivity contribution in [2.45, 2.75) is 24.8 Å². The van der Waals surface area contributed by atoms with Gasteiger partial charge in [0.25, 0.3) is 0 Å². The predicted octanol–water partition coefficient (Wildman–Crippen LogP) is 1.37. The molecule has 2 nitrogen and oxygen atoms in total. The van der Waals surface area contributed by atoms with Crippen LogP contribution in [0.25, 0.3) is 0 Å². The summed E-state index contributed by atoms with van der Waals surface area (Å²) in [7, 11) is 0. The molecular formula is C6H10F3NOS. The average molecular weight is 201 g/mol. The molecule has 1 amide bonds. The van der Waals surface area contributed by atoms with Gasteiger partial charge in [-0.25, -0.2) is 0 Å². The van der Waals surface area contributed by atoms with Crippen molar-refractivity contribution in [1.82, 2.24) is 5.32 Å². The average Bonchev–Trinajstić information content (AvgIpc) is 1.84. The Balaban J connectivity index is 3.51. The fraction of sp³-hybridized carbons (Fsp3) is 0.833. The first-order valence-electron chi connectivity index (χ1n) is 3.35. The first-order chi connectivity index (χ1) is 5.33. The molecule has 1 atom stereocenters. The van der Waals surface area contributed by atoms with Gasteiger partial charge >= 0.3 is 6.18 Å². The molecule has 0 rings (SSSR count). The van der Waals surface area contributed by atoms with E-state index in [2.05, 4.69) is 17.9 Å². The van der Waals surface area contributed by atoms with E-state index in [9.17, 15) is 18.0 Å². The fourth-order valence-electron chi connectivity index (χ4n) is 0.475. The molecule has 0 bridgehead atoms. The molecule has 6 heteroatoms. The molecule has 12 heavy (non-hydrogen) atoms. The molecule has 0 spiro atoms. The number of hydrogen-bond donors (Lipinski definition) is 2. The van der Waals surface area contributed by atoms with Gasteiger partial charge in [0.05, 0.1) is 11.7 Å². The van der Waals surface area contributed by atoms with Gasteiger partial charge in [0, 0.05) is 6.54 Å². The van der Waals surface area contributed by atoms with Gasteiger partial charge in [0.2, 0.25) is 5.91 Å². The summed E-state index contributed by atoms with van der Waals surface area (Å²) in [4.78, 5) is 10.7. The van der Waals surface area contributed by atoms with E-state index < -0.39 is 23.8 Å². The summed E-state index contributed by atoms with van der Waals surface area (Å²) in [6.45, 7) is 1.11. The smallest absolute Gasteiger partial charge is 0.355 e. The van der Waals surface area contributed by atoms with Gasteiger partial charge in [-0.15, -0.1) is 0 Å². The second-order valence-corrected chi connectivity index (χ2v) is 3.11. The zero-order valence-corrected chi connectivity index (χ0v) is 7.38. The Kier molecular flexibility index (Phi) is 4.44. The number of rotatable bonds is 3. The van der Waals surface area contributed by atoms with E-state index in [0.29, 0.717) is 0 Å². The van der Waals surface area contributed by atoms with Crippen LogP contribution in [0.2, 0.25) is 0 Å². The van der Waals surface area contributed by atoms with Crippen LogP contribution in [0.4, 0.5) is 13.2 Å². The molecule has 0 heterocycles. The van der Waals surface area contributed by atoms with Crippen LogP contribution in [0.1, 0.15) is 13.3 Å². The summed E-state index contributed by atoms with van der Waals surface area (Å²) in [6, 6.07) is 0. The monoisotopic (exact) mass is 201 g/mol. The summed E-state index contributed by atoms with van der Waals surface area (Å²) in [5.74, 6) is -0.484. The van der Waals surface area contributed by atoms with Crippen LogP contribution in [0.3, 0.4) is 0 Å². The minimum Gasteiger partial charge on any atom is -0.355 e. The SMILES string of the molecule is CC(S)C(=O)NCCC(F)(F)F. The number of carbonyl (C=O) groups is 1. The maximum absolute atomic E-state index is 11.5. The third kappa shape index (κ3) is 6.33. The van der Waals surface area contributed by atoms with Crippen molar-refractivity contribution in [1.29, 1.82) is 0 Å². The second kappa shape index (κ2) is 4.59. The highest BCUT2D eigenvalue weighted by molar-refractivity contribution is 7.81. The van der Waals surface area contributed by atoms with Crippen molar-refractivity contribution in [3.63, 3.8) is 0 Å². The van der Waals surface area contributed by atoms with E-state index in [-0.39, 0.29) is 6.54 Å². The van der Waals surface area contributed by atoms with Crippen LogP contribution in [0.5, 0.6) is 0 Å². The maximum Gasteiger partial charge on any atom is 0.390 e. The summed E-state index contributed by atoms with van der Waals surface area (Å²) in [5, 5.41) is 1.53. The largest absolute Gasteiger partial charge is 0.390 e. The molecule has 0 saturated heterocycles. The number of amides is 1. The molecule has 0 aliphatic rings. The van der Waals surface area contributed by atoms with Gasteiger partial charge in [-0.1, -0.05) is 0 Å². The second-order valence-electron chi connectivity index (χ2n) is 2.33. The Hall–Kier alpha value is -0.390. The van der Waals surface area contributed by atoms with Gasteiger partial charge in [-0.2, -0.15) is 25.8 Å². The normalized spacial score (nSPS) is 14.1. The lowest BCUT2D eigenvalue weighted by Gasteiger charge is -2.08. The highest BCUT2D eigenvalue weighted by Gasteiger charge is 2.26. The Labute approximate surface area is 73.9 Å². The summed E-state index contributed by atoms with van der Waals surface area (Å²) in [6.07, 6.45) is -5.22.